The molecule has 2 rings (SSSR count). The van der Waals surface area contributed by atoms with Gasteiger partial charge in [-0.2, -0.15) is 5.10 Å². The van der Waals surface area contributed by atoms with Gasteiger partial charge in [0.1, 0.15) is 6.04 Å². The van der Waals surface area contributed by atoms with Gasteiger partial charge in [-0.1, -0.05) is 36.7 Å². The average molecular weight is 376 g/mol. The number of nitrogens with zero attached hydrogens (tertiary/aromatic N) is 2. The minimum atomic E-state index is -0.827. The molecule has 0 saturated heterocycles. The number of nitro benzene ring substituents is 1. The highest BCUT2D eigenvalue weighted by atomic mass is 35.5. The van der Waals surface area contributed by atoms with Crippen LogP contribution in [0.15, 0.2) is 47.6 Å². The van der Waals surface area contributed by atoms with Gasteiger partial charge < -0.3 is 10.4 Å². The molecule has 2 aromatic rings. The molecule has 2 N–H and O–H groups in total. The maximum absolute atomic E-state index is 12.2. The predicted molar refractivity (Wildman–Crippen MR) is 97.4 cm³/mol. The Morgan fingerprint density at radius 2 is 2.04 bits per heavy atom. The Kier molecular flexibility index (Phi) is 6.51. The molecule has 26 heavy (non-hydrogen) atoms. The smallest absolute Gasteiger partial charge is 0.263 e. The standard InChI is InChI=1S/C17H17ClN4O4/c1-2-14(20-13-6-4-3-5-7-13)17(24)21-19-10-11-8-12(18)9-15(16(11)23)22(25)26/h3-10,14,20,23H,2H2,1H3,(H,21,24)/p-1/b19-10-/t14-/m1/s1. The number of hydrogen-bond acceptors (Lipinski definition) is 6. The van der Waals surface area contributed by atoms with Crippen molar-refractivity contribution >= 4 is 35.1 Å². The van der Waals surface area contributed by atoms with Gasteiger partial charge >= 0.3 is 0 Å². The summed E-state index contributed by atoms with van der Waals surface area (Å²) in [6, 6.07) is 10.9. The van der Waals surface area contributed by atoms with Gasteiger partial charge in [-0.15, -0.1) is 0 Å². The van der Waals surface area contributed by atoms with Crippen molar-refractivity contribution < 1.29 is 14.8 Å². The zero-order valence-electron chi connectivity index (χ0n) is 13.8. The number of hydrazone groups is 1. The highest BCUT2D eigenvalue weighted by Crippen LogP contribution is 2.29. The monoisotopic (exact) mass is 375 g/mol. The van der Waals surface area contributed by atoms with Crippen LogP contribution in [0, 0.1) is 10.1 Å². The van der Waals surface area contributed by atoms with Crippen molar-refractivity contribution in [2.45, 2.75) is 19.4 Å². The van der Waals surface area contributed by atoms with Crippen LogP contribution < -0.4 is 15.8 Å². The Bertz CT molecular complexity index is 827. The van der Waals surface area contributed by atoms with E-state index < -0.39 is 28.3 Å². The Morgan fingerprint density at radius 3 is 2.65 bits per heavy atom. The second kappa shape index (κ2) is 8.82. The van der Waals surface area contributed by atoms with Gasteiger partial charge in [-0.3, -0.25) is 14.9 Å². The number of nitro groups is 1. The van der Waals surface area contributed by atoms with Gasteiger partial charge in [0.2, 0.25) is 0 Å². The first kappa shape index (κ1) is 19.2. The Balaban J connectivity index is 2.07. The van der Waals surface area contributed by atoms with Gasteiger partial charge in [0.15, 0.2) is 0 Å². The van der Waals surface area contributed by atoms with Crippen molar-refractivity contribution in [2.75, 3.05) is 5.32 Å². The van der Waals surface area contributed by atoms with E-state index in [2.05, 4.69) is 15.8 Å². The molecule has 9 heteroatoms. The summed E-state index contributed by atoms with van der Waals surface area (Å²) in [6.07, 6.45) is 1.54. The molecule has 0 saturated carbocycles. The molecule has 1 amide bonds. The number of para-hydroxylation sites is 1. The number of amides is 1. The lowest BCUT2D eigenvalue weighted by Crippen LogP contribution is -2.36. The lowest BCUT2D eigenvalue weighted by molar-refractivity contribution is -0.398. The van der Waals surface area contributed by atoms with Gasteiger partial charge in [0, 0.05) is 16.8 Å². The highest BCUT2D eigenvalue weighted by molar-refractivity contribution is 6.31. The van der Waals surface area contributed by atoms with Crippen LogP contribution in [-0.2, 0) is 4.79 Å². The van der Waals surface area contributed by atoms with E-state index in [9.17, 15) is 20.0 Å². The summed E-state index contributed by atoms with van der Waals surface area (Å²) in [6.45, 7) is 1.83. The molecule has 8 nitrogen and oxygen atoms in total. The second-order valence-corrected chi connectivity index (χ2v) is 5.74. The van der Waals surface area contributed by atoms with Gasteiger partial charge in [0.05, 0.1) is 11.1 Å². The third-order valence-corrected chi connectivity index (χ3v) is 3.70. The van der Waals surface area contributed by atoms with E-state index in [1.165, 1.54) is 6.07 Å². The Morgan fingerprint density at radius 1 is 1.35 bits per heavy atom. The molecule has 136 valence electrons. The summed E-state index contributed by atoms with van der Waals surface area (Å²) in [5.74, 6) is -1.23. The third-order valence-electron chi connectivity index (χ3n) is 3.48. The third kappa shape index (κ3) is 4.93. The first-order valence-electron chi connectivity index (χ1n) is 7.71. The summed E-state index contributed by atoms with van der Waals surface area (Å²) in [5.41, 5.74) is 2.36. The molecule has 1 atom stereocenters. The van der Waals surface area contributed by atoms with Crippen molar-refractivity contribution in [1.82, 2.24) is 5.43 Å². The number of benzene rings is 2. The molecule has 0 heterocycles. The molecule has 0 fully saturated rings. The van der Waals surface area contributed by atoms with Crippen LogP contribution in [-0.4, -0.2) is 23.1 Å². The number of halogens is 1. The minimum Gasteiger partial charge on any atom is -0.867 e. The number of carbonyl (C=O) groups is 1. The van der Waals surface area contributed by atoms with E-state index >= 15 is 0 Å². The zero-order valence-corrected chi connectivity index (χ0v) is 14.6. The van der Waals surface area contributed by atoms with Crippen molar-refractivity contribution in [3.8, 4) is 5.75 Å². The Hall–Kier alpha value is -3.13. The number of nitrogens with one attached hydrogen (secondary N) is 2. The molecule has 0 aliphatic carbocycles. The lowest BCUT2D eigenvalue weighted by atomic mass is 10.2. The van der Waals surface area contributed by atoms with Crippen LogP contribution in [0.25, 0.3) is 0 Å². The van der Waals surface area contributed by atoms with Gasteiger partial charge in [-0.05, 0) is 35.9 Å². The number of rotatable bonds is 7. The fraction of sp³-hybridized carbons (Fsp3) is 0.176. The van der Waals surface area contributed by atoms with Crippen LogP contribution in [0.5, 0.6) is 5.75 Å². The second-order valence-electron chi connectivity index (χ2n) is 5.31. The van der Waals surface area contributed by atoms with Gasteiger partial charge in [-0.25, -0.2) is 5.43 Å². The van der Waals surface area contributed by atoms with Crippen LogP contribution in [0.1, 0.15) is 18.9 Å². The summed E-state index contributed by atoms with van der Waals surface area (Å²) in [7, 11) is 0. The number of carbonyl (C=O) groups excluding carboxylic acids is 1. The van der Waals surface area contributed by atoms with Crippen LogP contribution in [0.2, 0.25) is 5.02 Å². The molecule has 0 aliphatic heterocycles. The molecule has 0 spiro atoms. The van der Waals surface area contributed by atoms with Crippen molar-refractivity contribution in [3.05, 3.63) is 63.2 Å². The maximum atomic E-state index is 12.2. The lowest BCUT2D eigenvalue weighted by Gasteiger charge is -2.16. The first-order valence-corrected chi connectivity index (χ1v) is 8.09. The van der Waals surface area contributed by atoms with Crippen LogP contribution in [0.3, 0.4) is 0 Å². The quantitative estimate of drug-likeness (QED) is 0.438. The fourth-order valence-corrected chi connectivity index (χ4v) is 2.38. The highest BCUT2D eigenvalue weighted by Gasteiger charge is 2.15. The normalized spacial score (nSPS) is 11.9. The van der Waals surface area contributed by atoms with E-state index in [4.69, 9.17) is 11.6 Å². The SMILES string of the molecule is CC[C@@H](Nc1ccccc1)C(=O)N/N=C\c1cc(Cl)cc([N+](=O)[O-])c1[O-]. The summed E-state index contributed by atoms with van der Waals surface area (Å²) in [4.78, 5) is 22.2. The Labute approximate surface area is 154 Å². The largest absolute Gasteiger partial charge is 0.867 e. The maximum Gasteiger partial charge on any atom is 0.263 e. The first-order chi connectivity index (χ1) is 12.4. The fourth-order valence-electron chi connectivity index (χ4n) is 2.16. The van der Waals surface area contributed by atoms with Crippen molar-refractivity contribution in [2.24, 2.45) is 5.10 Å². The average Bonchev–Trinajstić information content (AvgIpc) is 2.62. The van der Waals surface area contributed by atoms with Crippen molar-refractivity contribution in [3.63, 3.8) is 0 Å². The van der Waals surface area contributed by atoms with E-state index in [0.29, 0.717) is 6.42 Å². The zero-order chi connectivity index (χ0) is 19.1. The van der Waals surface area contributed by atoms with Crippen LogP contribution in [0.4, 0.5) is 11.4 Å². The van der Waals surface area contributed by atoms with E-state index in [1.54, 1.807) is 0 Å². The number of hydrogen-bond donors (Lipinski definition) is 2. The van der Waals surface area contributed by atoms with Gasteiger partial charge in [0.25, 0.3) is 11.6 Å². The van der Waals surface area contributed by atoms with E-state index in [-0.39, 0.29) is 10.6 Å². The van der Waals surface area contributed by atoms with Crippen LogP contribution >= 0.6 is 11.6 Å². The predicted octanol–water partition coefficient (Wildman–Crippen LogP) is 2.66. The summed E-state index contributed by atoms with van der Waals surface area (Å²) in [5, 5.41) is 29.6. The van der Waals surface area contributed by atoms with E-state index in [0.717, 1.165) is 18.0 Å². The molecule has 0 radical (unpaired) electrons. The molecule has 2 aromatic carbocycles. The molecular weight excluding hydrogens is 360 g/mol. The van der Waals surface area contributed by atoms with Crippen molar-refractivity contribution in [1.29, 1.82) is 0 Å². The molecular formula is C17H16ClN4O4-. The molecule has 0 unspecified atom stereocenters. The summed E-state index contributed by atoms with van der Waals surface area (Å²) < 4.78 is 0. The molecule has 0 bridgehead atoms. The minimum absolute atomic E-state index is 0.0289. The summed E-state index contributed by atoms with van der Waals surface area (Å²) >= 11 is 5.77. The molecule has 0 aromatic heterocycles. The van der Waals surface area contributed by atoms with E-state index in [1.807, 2.05) is 37.3 Å². The topological polar surface area (TPSA) is 120 Å². The number of anilines is 1. The molecule has 0 aliphatic rings.